The third-order valence-corrected chi connectivity index (χ3v) is 13.8. The minimum absolute atomic E-state index is 0.0145. The van der Waals surface area contributed by atoms with Crippen LogP contribution in [0.2, 0.25) is 0 Å². The maximum atomic E-state index is 12.8. The summed E-state index contributed by atoms with van der Waals surface area (Å²) in [7, 11) is -4.17. The third-order valence-electron chi connectivity index (χ3n) is 12.5. The number of nitrogens with zero attached hydrogens (tertiary/aromatic N) is 4. The van der Waals surface area contributed by atoms with Crippen LogP contribution in [0.4, 0.5) is 4.79 Å². The van der Waals surface area contributed by atoms with E-state index in [0.717, 1.165) is 57.6 Å². The van der Waals surface area contributed by atoms with Crippen molar-refractivity contribution in [1.29, 1.82) is 0 Å². The lowest BCUT2D eigenvalue weighted by atomic mass is 9.41. The van der Waals surface area contributed by atoms with Gasteiger partial charge in [-0.25, -0.2) is 32.6 Å². The molecule has 2 aromatic heterocycles. The van der Waals surface area contributed by atoms with Crippen LogP contribution < -0.4 is 4.72 Å². The largest absolute Gasteiger partial charge is 0.449 e. The van der Waals surface area contributed by atoms with Gasteiger partial charge in [-0.3, -0.25) is 0 Å². The summed E-state index contributed by atoms with van der Waals surface area (Å²) in [5, 5.41) is 26.4. The van der Waals surface area contributed by atoms with Crippen LogP contribution in [0.15, 0.2) is 35.9 Å². The Hall–Kier alpha value is -2.57. The van der Waals surface area contributed by atoms with Crippen molar-refractivity contribution in [1.82, 2.24) is 24.5 Å². The maximum absolute atomic E-state index is 12.8. The number of carbonyl (C=O) groups is 1. The zero-order valence-electron chi connectivity index (χ0n) is 26.2. The van der Waals surface area contributed by atoms with Crippen molar-refractivity contribution in [3.8, 4) is 5.82 Å². The molecule has 2 heterocycles. The highest BCUT2D eigenvalue weighted by Gasteiger charge is 2.64. The molecule has 1 amide bonds. The van der Waals surface area contributed by atoms with Crippen molar-refractivity contribution in [2.45, 2.75) is 96.2 Å². The van der Waals surface area contributed by atoms with E-state index in [-0.39, 0.29) is 52.3 Å². The zero-order valence-corrected chi connectivity index (χ0v) is 27.0. The van der Waals surface area contributed by atoms with Crippen LogP contribution in [0.5, 0.6) is 0 Å². The Balaban J connectivity index is 1.10. The number of fused-ring (bicyclic) bond motifs is 5. The Morgan fingerprint density at radius 3 is 2.55 bits per heavy atom. The molecule has 12 heteroatoms. The van der Waals surface area contributed by atoms with E-state index >= 15 is 0 Å². The average Bonchev–Trinajstić information content (AvgIpc) is 3.65. The first kappa shape index (κ1) is 31.4. The first-order valence-corrected chi connectivity index (χ1v) is 17.7. The molecule has 44 heavy (non-hydrogen) atoms. The van der Waals surface area contributed by atoms with Crippen molar-refractivity contribution in [2.24, 2.45) is 52.3 Å². The van der Waals surface area contributed by atoms with Crippen LogP contribution in [0, 0.1) is 52.3 Å². The Morgan fingerprint density at radius 1 is 1.11 bits per heavy atom. The number of hydrogen-bond acceptors (Lipinski definition) is 9. The number of sulfonamides is 1. The summed E-state index contributed by atoms with van der Waals surface area (Å²) < 4.78 is 34.5. The van der Waals surface area contributed by atoms with E-state index in [1.54, 1.807) is 0 Å². The maximum Gasteiger partial charge on any atom is 0.421 e. The van der Waals surface area contributed by atoms with Gasteiger partial charge >= 0.3 is 6.09 Å². The molecular weight excluding hydrogens is 582 g/mol. The molecule has 4 saturated carbocycles. The number of nitrogens with one attached hydrogen (secondary N) is 1. The highest BCUT2D eigenvalue weighted by molar-refractivity contribution is 7.90. The smallest absolute Gasteiger partial charge is 0.421 e. The standard InChI is InChI=1S/C32H47N5O6S/c1-5-22-26-14-20(38)10-12-32(26,4)25-11-13-31(3)23(7-8-24(31)28(25)29(22)39)19(2)16-43-30(40)36-44(41,42)21-6-9-27(34-15-21)37-18-33-17-35-37/h6,9,15,17-20,22-26,28-29,38-39H,5,7-8,10-14,16H2,1-4H3,(H,36,40)/t19-,20-,22-,23-,24+,25+,26+,28+,29-,31-,32-/m1/s1. The van der Waals surface area contributed by atoms with Gasteiger partial charge in [0.2, 0.25) is 0 Å². The minimum Gasteiger partial charge on any atom is -0.449 e. The predicted molar refractivity (Wildman–Crippen MR) is 162 cm³/mol. The van der Waals surface area contributed by atoms with Crippen LogP contribution in [-0.4, -0.2) is 63.3 Å². The number of rotatable bonds is 7. The van der Waals surface area contributed by atoms with Crippen molar-refractivity contribution in [3.05, 3.63) is 31.0 Å². The van der Waals surface area contributed by atoms with E-state index in [1.807, 2.05) is 4.72 Å². The van der Waals surface area contributed by atoms with Crippen LogP contribution in [0.3, 0.4) is 0 Å². The Bertz CT molecular complexity index is 1440. The second-order valence-corrected chi connectivity index (χ2v) is 16.2. The van der Waals surface area contributed by atoms with Crippen molar-refractivity contribution < 1.29 is 28.2 Å². The lowest BCUT2D eigenvalue weighted by Crippen LogP contribution is -2.62. The van der Waals surface area contributed by atoms with E-state index in [4.69, 9.17) is 4.74 Å². The van der Waals surface area contributed by atoms with Gasteiger partial charge in [-0.1, -0.05) is 34.1 Å². The molecule has 11 nitrogen and oxygen atoms in total. The summed E-state index contributed by atoms with van der Waals surface area (Å²) in [5.41, 5.74) is 0.161. The number of ether oxygens (including phenoxy) is 1. The Morgan fingerprint density at radius 2 is 1.86 bits per heavy atom. The monoisotopic (exact) mass is 629 g/mol. The number of hydrogen-bond donors (Lipinski definition) is 3. The number of aliphatic hydroxyl groups excluding tert-OH is 2. The first-order valence-electron chi connectivity index (χ1n) is 16.3. The van der Waals surface area contributed by atoms with Crippen LogP contribution in [0.25, 0.3) is 5.82 Å². The number of pyridine rings is 1. The van der Waals surface area contributed by atoms with Crippen molar-refractivity contribution >= 4 is 16.1 Å². The molecule has 0 unspecified atom stereocenters. The molecule has 4 fully saturated rings. The van der Waals surface area contributed by atoms with Gasteiger partial charge in [-0.05, 0) is 109 Å². The SMILES string of the molecule is CC[C@H]1[C@@H](O)[C@@H]2[C@H](CC[C@]3(C)[C@@H]([C@H](C)COC(=O)NS(=O)(=O)c4ccc(-n5cncn5)nc4)CC[C@@H]23)[C@@]2(C)CC[C@@H](O)C[C@@H]12. The molecule has 4 aliphatic carbocycles. The van der Waals surface area contributed by atoms with Gasteiger partial charge in [0.15, 0.2) is 5.82 Å². The molecule has 11 atom stereocenters. The lowest BCUT2D eigenvalue weighted by molar-refractivity contribution is -0.203. The second-order valence-electron chi connectivity index (χ2n) is 14.5. The third kappa shape index (κ3) is 5.24. The van der Waals surface area contributed by atoms with Gasteiger partial charge in [-0.2, -0.15) is 5.10 Å². The van der Waals surface area contributed by atoms with Crippen LogP contribution >= 0.6 is 0 Å². The fraction of sp³-hybridized carbons (Fsp3) is 0.750. The highest BCUT2D eigenvalue weighted by Crippen LogP contribution is 2.69. The molecule has 4 aliphatic rings. The molecule has 2 aromatic rings. The molecule has 0 radical (unpaired) electrons. The van der Waals surface area contributed by atoms with E-state index in [1.165, 1.54) is 29.5 Å². The van der Waals surface area contributed by atoms with E-state index in [9.17, 15) is 23.4 Å². The summed E-state index contributed by atoms with van der Waals surface area (Å²) in [6.07, 6.45) is 10.1. The predicted octanol–water partition coefficient (Wildman–Crippen LogP) is 4.34. The molecule has 3 N–H and O–H groups in total. The Labute approximate surface area is 260 Å². The van der Waals surface area contributed by atoms with Crippen molar-refractivity contribution in [2.75, 3.05) is 6.61 Å². The van der Waals surface area contributed by atoms with Gasteiger partial charge < -0.3 is 14.9 Å². The molecular formula is C32H47N5O6S. The van der Waals surface area contributed by atoms with Gasteiger partial charge in [0.05, 0.1) is 18.8 Å². The minimum atomic E-state index is -4.17. The molecule has 0 aliphatic heterocycles. The van der Waals surface area contributed by atoms with Gasteiger partial charge in [0.1, 0.15) is 17.6 Å². The average molecular weight is 630 g/mol. The molecule has 6 rings (SSSR count). The summed E-state index contributed by atoms with van der Waals surface area (Å²) in [4.78, 5) is 20.4. The first-order chi connectivity index (χ1) is 20.9. The van der Waals surface area contributed by atoms with E-state index in [2.05, 4.69) is 42.8 Å². The molecule has 242 valence electrons. The van der Waals surface area contributed by atoms with E-state index in [0.29, 0.717) is 29.5 Å². The summed E-state index contributed by atoms with van der Waals surface area (Å²) in [6, 6.07) is 2.83. The number of carbonyl (C=O) groups excluding carboxylic acids is 1. The zero-order chi connectivity index (χ0) is 31.4. The summed E-state index contributed by atoms with van der Waals surface area (Å²) in [6.45, 7) is 9.20. The van der Waals surface area contributed by atoms with Gasteiger partial charge in [-0.15, -0.1) is 0 Å². The van der Waals surface area contributed by atoms with Crippen molar-refractivity contribution in [3.63, 3.8) is 0 Å². The van der Waals surface area contributed by atoms with E-state index < -0.39 is 16.1 Å². The number of aliphatic hydroxyl groups is 2. The van der Waals surface area contributed by atoms with Gasteiger partial charge in [0, 0.05) is 6.20 Å². The lowest BCUT2D eigenvalue weighted by Gasteiger charge is -2.64. The number of aromatic nitrogens is 4. The summed E-state index contributed by atoms with van der Waals surface area (Å²) >= 11 is 0. The summed E-state index contributed by atoms with van der Waals surface area (Å²) in [5.74, 6) is 2.39. The molecule has 0 aromatic carbocycles. The molecule has 0 saturated heterocycles. The van der Waals surface area contributed by atoms with Crippen LogP contribution in [0.1, 0.15) is 79.1 Å². The normalized spacial score (nSPS) is 39.0. The fourth-order valence-corrected chi connectivity index (χ4v) is 11.3. The Kier molecular flexibility index (Phi) is 8.32. The fourth-order valence-electron chi connectivity index (χ4n) is 10.4. The molecule has 0 bridgehead atoms. The number of amides is 1. The topological polar surface area (TPSA) is 157 Å². The highest BCUT2D eigenvalue weighted by atomic mass is 32.2. The molecule has 0 spiro atoms. The van der Waals surface area contributed by atoms with Crippen LogP contribution in [-0.2, 0) is 14.8 Å². The second kappa shape index (κ2) is 11.7. The van der Waals surface area contributed by atoms with Gasteiger partial charge in [0.25, 0.3) is 10.0 Å². The quantitative estimate of drug-likeness (QED) is 0.405.